The molecule has 0 bridgehead atoms. The van der Waals surface area contributed by atoms with Crippen LogP contribution in [0.3, 0.4) is 0 Å². The van der Waals surface area contributed by atoms with Crippen LogP contribution in [-0.4, -0.2) is 15.0 Å². The van der Waals surface area contributed by atoms with Crippen molar-refractivity contribution in [1.82, 2.24) is 15.0 Å². The fourth-order valence-electron chi connectivity index (χ4n) is 7.95. The van der Waals surface area contributed by atoms with Crippen LogP contribution in [0.2, 0.25) is 0 Å². The third-order valence-corrected chi connectivity index (χ3v) is 10.7. The maximum absolute atomic E-state index is 6.71. The van der Waals surface area contributed by atoms with Crippen LogP contribution in [0.5, 0.6) is 0 Å². The van der Waals surface area contributed by atoms with Crippen molar-refractivity contribution in [2.45, 2.75) is 0 Å². The Balaban J connectivity index is 1.11. The van der Waals surface area contributed by atoms with E-state index in [2.05, 4.69) is 158 Å². The molecule has 0 radical (unpaired) electrons. The molecule has 0 aliphatic rings. The van der Waals surface area contributed by atoms with E-state index < -0.39 is 0 Å². The minimum atomic E-state index is 0.609. The van der Waals surface area contributed by atoms with Gasteiger partial charge >= 0.3 is 0 Å². The van der Waals surface area contributed by atoms with Gasteiger partial charge in [-0.25, -0.2) is 15.0 Å². The first-order valence-corrected chi connectivity index (χ1v) is 18.5. The maximum atomic E-state index is 6.71. The molecule has 0 saturated carbocycles. The van der Waals surface area contributed by atoms with Gasteiger partial charge in [0.05, 0.1) is 0 Å². The van der Waals surface area contributed by atoms with Crippen molar-refractivity contribution in [3.05, 3.63) is 188 Å². The number of hydrogen-bond acceptors (Lipinski definition) is 4. The Bertz CT molecular complexity index is 3260. The lowest BCUT2D eigenvalue weighted by atomic mass is 9.94. The molecule has 0 unspecified atom stereocenters. The number of nitrogens with zero attached hydrogens (tertiary/aromatic N) is 3. The molecular formula is C51H31N3O. The predicted octanol–water partition coefficient (Wildman–Crippen LogP) is 13.6. The second-order valence-corrected chi connectivity index (χ2v) is 14.0. The van der Waals surface area contributed by atoms with E-state index in [1.807, 2.05) is 30.3 Å². The summed E-state index contributed by atoms with van der Waals surface area (Å²) in [6.07, 6.45) is 0. The Morgan fingerprint density at radius 2 is 0.855 bits per heavy atom. The van der Waals surface area contributed by atoms with E-state index in [0.717, 1.165) is 66.1 Å². The fourth-order valence-corrected chi connectivity index (χ4v) is 7.95. The monoisotopic (exact) mass is 701 g/mol. The van der Waals surface area contributed by atoms with Crippen molar-refractivity contribution >= 4 is 54.3 Å². The van der Waals surface area contributed by atoms with Crippen LogP contribution in [0.25, 0.3) is 111 Å². The summed E-state index contributed by atoms with van der Waals surface area (Å²) in [5.74, 6) is 1.85. The van der Waals surface area contributed by atoms with Crippen LogP contribution in [0.15, 0.2) is 192 Å². The predicted molar refractivity (Wildman–Crippen MR) is 227 cm³/mol. The number of hydrogen-bond donors (Lipinski definition) is 0. The highest BCUT2D eigenvalue weighted by atomic mass is 16.3. The minimum absolute atomic E-state index is 0.609. The van der Waals surface area contributed by atoms with E-state index in [-0.39, 0.29) is 0 Å². The normalized spacial score (nSPS) is 11.6. The van der Waals surface area contributed by atoms with Gasteiger partial charge in [-0.2, -0.15) is 0 Å². The SMILES string of the molecule is c1ccc(-c2nc(-c3ccc(-c4ccc5ccccc5c4)cc3)nc(-c3cc4c(oc5cccc(-c6ccc7ccccc7c6)c54)c4ccccc34)n2)cc1. The second kappa shape index (κ2) is 12.6. The topological polar surface area (TPSA) is 51.8 Å². The van der Waals surface area contributed by atoms with Crippen LogP contribution >= 0.6 is 0 Å². The lowest BCUT2D eigenvalue weighted by Gasteiger charge is -2.12. The zero-order valence-corrected chi connectivity index (χ0v) is 29.6. The third-order valence-electron chi connectivity index (χ3n) is 10.7. The first-order chi connectivity index (χ1) is 27.2. The van der Waals surface area contributed by atoms with Crippen molar-refractivity contribution in [2.75, 3.05) is 0 Å². The first kappa shape index (κ1) is 31.1. The van der Waals surface area contributed by atoms with Gasteiger partial charge in [0, 0.05) is 32.8 Å². The van der Waals surface area contributed by atoms with E-state index in [9.17, 15) is 0 Å². The highest BCUT2D eigenvalue weighted by Gasteiger charge is 2.20. The van der Waals surface area contributed by atoms with E-state index in [1.165, 1.54) is 27.1 Å². The molecule has 55 heavy (non-hydrogen) atoms. The summed E-state index contributed by atoms with van der Waals surface area (Å²) < 4.78 is 6.71. The van der Waals surface area contributed by atoms with Crippen molar-refractivity contribution in [3.8, 4) is 56.4 Å². The average Bonchev–Trinajstić information content (AvgIpc) is 3.65. The zero-order valence-electron chi connectivity index (χ0n) is 29.6. The van der Waals surface area contributed by atoms with Gasteiger partial charge in [-0.05, 0) is 73.5 Å². The van der Waals surface area contributed by atoms with Gasteiger partial charge < -0.3 is 4.42 Å². The second-order valence-electron chi connectivity index (χ2n) is 14.0. The van der Waals surface area contributed by atoms with E-state index in [4.69, 9.17) is 19.4 Å². The molecule has 0 N–H and O–H groups in total. The van der Waals surface area contributed by atoms with E-state index in [1.54, 1.807) is 0 Å². The molecule has 2 aromatic heterocycles. The molecule has 0 spiro atoms. The van der Waals surface area contributed by atoms with Crippen molar-refractivity contribution in [3.63, 3.8) is 0 Å². The molecule has 256 valence electrons. The standard InChI is InChI=1S/C51H31N3O/c1-2-13-35(14-3-1)49-52-50(36-25-21-34(22-26-36)39-27-23-32-11-4-6-15-37(32)29-39)54-51(53-49)44-31-45-47-41(40-28-24-33-12-5-7-16-38(33)30-40)19-10-20-46(47)55-48(45)43-18-9-8-17-42(43)44/h1-31H. The Morgan fingerprint density at radius 1 is 0.309 bits per heavy atom. The van der Waals surface area contributed by atoms with Crippen LogP contribution in [0.4, 0.5) is 0 Å². The van der Waals surface area contributed by atoms with Crippen molar-refractivity contribution < 1.29 is 4.42 Å². The lowest BCUT2D eigenvalue weighted by molar-refractivity contribution is 0.673. The van der Waals surface area contributed by atoms with Gasteiger partial charge in [-0.15, -0.1) is 0 Å². The van der Waals surface area contributed by atoms with Gasteiger partial charge in [0.25, 0.3) is 0 Å². The van der Waals surface area contributed by atoms with E-state index in [0.29, 0.717) is 17.5 Å². The molecule has 0 atom stereocenters. The van der Waals surface area contributed by atoms with Crippen LogP contribution in [0.1, 0.15) is 0 Å². The van der Waals surface area contributed by atoms with Gasteiger partial charge in [-0.1, -0.05) is 164 Å². The molecule has 11 aromatic rings. The number of aromatic nitrogens is 3. The summed E-state index contributed by atoms with van der Waals surface area (Å²) in [4.78, 5) is 15.5. The molecule has 0 aliphatic carbocycles. The number of rotatable bonds is 5. The third kappa shape index (κ3) is 5.34. The summed E-state index contributed by atoms with van der Waals surface area (Å²) in [5, 5.41) is 8.99. The quantitative estimate of drug-likeness (QED) is 0.179. The summed E-state index contributed by atoms with van der Waals surface area (Å²) in [6.45, 7) is 0. The molecule has 9 aromatic carbocycles. The van der Waals surface area contributed by atoms with Gasteiger partial charge in [0.15, 0.2) is 17.5 Å². The number of furan rings is 1. The smallest absolute Gasteiger partial charge is 0.164 e. The molecular weight excluding hydrogens is 671 g/mol. The van der Waals surface area contributed by atoms with Gasteiger partial charge in [0.2, 0.25) is 0 Å². The molecule has 0 fully saturated rings. The van der Waals surface area contributed by atoms with Crippen LogP contribution in [0, 0.1) is 0 Å². The highest BCUT2D eigenvalue weighted by molar-refractivity contribution is 6.22. The molecule has 4 heteroatoms. The van der Waals surface area contributed by atoms with Crippen molar-refractivity contribution in [1.29, 1.82) is 0 Å². The Morgan fingerprint density at radius 3 is 1.58 bits per heavy atom. The molecule has 0 amide bonds. The highest BCUT2D eigenvalue weighted by Crippen LogP contribution is 2.43. The average molecular weight is 702 g/mol. The van der Waals surface area contributed by atoms with E-state index >= 15 is 0 Å². The Kier molecular flexibility index (Phi) is 7.14. The molecule has 4 nitrogen and oxygen atoms in total. The summed E-state index contributed by atoms with van der Waals surface area (Å²) in [5.41, 5.74) is 9.03. The summed E-state index contributed by atoms with van der Waals surface area (Å²) in [7, 11) is 0. The van der Waals surface area contributed by atoms with Gasteiger partial charge in [0.1, 0.15) is 11.2 Å². The lowest BCUT2D eigenvalue weighted by Crippen LogP contribution is -2.00. The molecule has 0 aliphatic heterocycles. The van der Waals surface area contributed by atoms with Crippen LogP contribution < -0.4 is 0 Å². The van der Waals surface area contributed by atoms with Gasteiger partial charge in [-0.3, -0.25) is 0 Å². The number of fused-ring (bicyclic) bond motifs is 7. The maximum Gasteiger partial charge on any atom is 0.164 e. The van der Waals surface area contributed by atoms with Crippen molar-refractivity contribution in [2.24, 2.45) is 0 Å². The number of benzene rings is 9. The summed E-state index contributed by atoms with van der Waals surface area (Å²) in [6, 6.07) is 65.8. The Labute approximate surface area is 317 Å². The summed E-state index contributed by atoms with van der Waals surface area (Å²) >= 11 is 0. The fraction of sp³-hybridized carbons (Fsp3) is 0. The minimum Gasteiger partial charge on any atom is -0.455 e. The largest absolute Gasteiger partial charge is 0.455 e. The van der Waals surface area contributed by atoms with Crippen LogP contribution in [-0.2, 0) is 0 Å². The molecule has 11 rings (SSSR count). The zero-order chi connectivity index (χ0) is 36.3. The molecule has 0 saturated heterocycles. The Hall–Kier alpha value is -7.43. The first-order valence-electron chi connectivity index (χ1n) is 18.5. The molecule has 2 heterocycles.